The number of pyridine rings is 2. The van der Waals surface area contributed by atoms with Gasteiger partial charge in [-0.3, -0.25) is 4.98 Å². The number of benzene rings is 1. The zero-order valence-corrected chi connectivity index (χ0v) is 17.3. The van der Waals surface area contributed by atoms with Gasteiger partial charge in [0.05, 0.1) is 0 Å². The summed E-state index contributed by atoms with van der Waals surface area (Å²) in [5, 5.41) is 8.45. The Bertz CT molecular complexity index is 746. The molecule has 1 aromatic carbocycles. The van der Waals surface area contributed by atoms with Crippen molar-refractivity contribution in [2.24, 2.45) is 0 Å². The summed E-state index contributed by atoms with van der Waals surface area (Å²) in [6.07, 6.45) is 3.50. The van der Waals surface area contributed by atoms with Gasteiger partial charge < -0.3 is 12.0 Å². The van der Waals surface area contributed by atoms with Gasteiger partial charge in [0.25, 0.3) is 0 Å². The second-order valence-electron chi connectivity index (χ2n) is 6.24. The number of aromatic nitrogens is 2. The minimum atomic E-state index is -0.983. The maximum Gasteiger partial charge on any atom is 0.354 e. The van der Waals surface area contributed by atoms with E-state index in [0.29, 0.717) is 0 Å². The molecule has 2 aromatic heterocycles. The molecule has 2 heterocycles. The molecule has 0 aliphatic rings. The monoisotopic (exact) mass is 455 g/mol. The Morgan fingerprint density at radius 1 is 0.926 bits per heavy atom. The Hall–Kier alpha value is -2.35. The van der Waals surface area contributed by atoms with Gasteiger partial charge in [0.15, 0.2) is 0 Å². The average Bonchev–Trinajstić information content (AvgIpc) is 2.64. The van der Waals surface area contributed by atoms with Crippen LogP contribution in [0.4, 0.5) is 0 Å². The van der Waals surface area contributed by atoms with E-state index < -0.39 is 5.97 Å². The summed E-state index contributed by atoms with van der Waals surface area (Å²) >= 11 is 0. The minimum Gasteiger partial charge on any atom is -0.477 e. The molecule has 1 N–H and O–H groups in total. The molecule has 146 valence electrons. The fraction of sp³-hybridized carbons (Fsp3) is 0.182. The van der Waals surface area contributed by atoms with Crippen LogP contribution >= 0.6 is 0 Å². The van der Waals surface area contributed by atoms with Gasteiger partial charge in [-0.05, 0) is 31.2 Å². The van der Waals surface area contributed by atoms with Crippen LogP contribution in [-0.4, -0.2) is 21.0 Å². The molecule has 0 amide bonds. The first-order valence-corrected chi connectivity index (χ1v) is 8.23. The van der Waals surface area contributed by atoms with Crippen molar-refractivity contribution in [1.29, 1.82) is 0 Å². The van der Waals surface area contributed by atoms with Crippen LogP contribution in [-0.2, 0) is 25.8 Å². The van der Waals surface area contributed by atoms with E-state index in [2.05, 4.69) is 42.9 Å². The zero-order valence-electron chi connectivity index (χ0n) is 15.8. The van der Waals surface area contributed by atoms with Crippen molar-refractivity contribution in [2.45, 2.75) is 26.2 Å². The number of hydrogen-bond donors (Lipinski definition) is 1. The molecule has 0 unspecified atom stereocenters. The SMILES string of the molecule is Cc1cccc(C(=O)O)n1.[CH2-]C(C)(C)c1ccccc1.[Pd].c1ccncc1. The minimum absolute atomic E-state index is 0. The van der Waals surface area contributed by atoms with Crippen LogP contribution in [0.15, 0.2) is 79.1 Å². The van der Waals surface area contributed by atoms with Crippen LogP contribution in [0.3, 0.4) is 0 Å². The molecule has 0 bridgehead atoms. The molecular weight excluding hydrogens is 431 g/mol. The molecule has 3 aromatic rings. The van der Waals surface area contributed by atoms with Crippen molar-refractivity contribution >= 4 is 5.97 Å². The largest absolute Gasteiger partial charge is 0.477 e. The first-order chi connectivity index (χ1) is 12.3. The molecule has 3 rings (SSSR count). The standard InChI is InChI=1S/C10H13.C7H7NO2.C5H5N.Pd/c1-10(2,3)9-7-5-4-6-8-9;1-5-3-2-4-6(8-5)7(9)10;1-2-4-6-5-3-1;/h4-8H,1H2,2-3H3;2-4H,1H3,(H,9,10);1-5H;/q-1;;;. The average molecular weight is 456 g/mol. The maximum atomic E-state index is 10.3. The van der Waals surface area contributed by atoms with Gasteiger partial charge in [0, 0.05) is 38.5 Å². The third-order valence-corrected chi connectivity index (χ3v) is 3.23. The zero-order chi connectivity index (χ0) is 19.4. The third-order valence-electron chi connectivity index (χ3n) is 3.23. The summed E-state index contributed by atoms with van der Waals surface area (Å²) in [6.45, 7) is 10.0. The van der Waals surface area contributed by atoms with Gasteiger partial charge in [0.1, 0.15) is 5.69 Å². The molecule has 4 nitrogen and oxygen atoms in total. The van der Waals surface area contributed by atoms with E-state index in [1.54, 1.807) is 31.5 Å². The third kappa shape index (κ3) is 11.1. The van der Waals surface area contributed by atoms with E-state index in [4.69, 9.17) is 5.11 Å². The number of carboxylic acids is 1. The predicted octanol–water partition coefficient (Wildman–Crippen LogP) is 4.97. The Morgan fingerprint density at radius 2 is 1.48 bits per heavy atom. The summed E-state index contributed by atoms with van der Waals surface area (Å²) in [5.74, 6) is -0.983. The quantitative estimate of drug-likeness (QED) is 0.438. The van der Waals surface area contributed by atoms with Crippen LogP contribution in [0, 0.1) is 13.8 Å². The summed E-state index contributed by atoms with van der Waals surface area (Å²) in [5.41, 5.74) is 2.15. The van der Waals surface area contributed by atoms with Gasteiger partial charge in [0.2, 0.25) is 0 Å². The van der Waals surface area contributed by atoms with Crippen molar-refractivity contribution in [3.63, 3.8) is 0 Å². The summed E-state index contributed by atoms with van der Waals surface area (Å²) in [4.78, 5) is 17.8. The molecule has 0 saturated carbocycles. The first kappa shape index (κ1) is 24.7. The van der Waals surface area contributed by atoms with Crippen molar-refractivity contribution in [2.75, 3.05) is 0 Å². The smallest absolute Gasteiger partial charge is 0.354 e. The number of aromatic carboxylic acids is 1. The van der Waals surface area contributed by atoms with E-state index in [0.717, 1.165) is 5.69 Å². The van der Waals surface area contributed by atoms with E-state index in [1.807, 2.05) is 36.4 Å². The predicted molar refractivity (Wildman–Crippen MR) is 105 cm³/mol. The first-order valence-electron chi connectivity index (χ1n) is 8.23. The van der Waals surface area contributed by atoms with Crippen molar-refractivity contribution in [3.8, 4) is 0 Å². The number of carboxylic acid groups (broad SMARTS) is 1. The summed E-state index contributed by atoms with van der Waals surface area (Å²) in [7, 11) is 0. The molecule has 0 fully saturated rings. The number of rotatable bonds is 2. The second-order valence-corrected chi connectivity index (χ2v) is 6.24. The summed E-state index contributed by atoms with van der Waals surface area (Å²) < 4.78 is 0. The Kier molecular flexibility index (Phi) is 11.8. The van der Waals surface area contributed by atoms with Crippen LogP contribution in [0.2, 0.25) is 0 Å². The Labute approximate surface area is 175 Å². The normalized spacial score (nSPS) is 9.48. The van der Waals surface area contributed by atoms with Gasteiger partial charge in [-0.15, -0.1) is 5.41 Å². The maximum absolute atomic E-state index is 10.3. The van der Waals surface area contributed by atoms with Gasteiger partial charge in [-0.1, -0.05) is 61.9 Å². The fourth-order valence-corrected chi connectivity index (χ4v) is 1.86. The topological polar surface area (TPSA) is 63.1 Å². The van der Waals surface area contributed by atoms with Crippen LogP contribution < -0.4 is 0 Å². The van der Waals surface area contributed by atoms with E-state index >= 15 is 0 Å². The van der Waals surface area contributed by atoms with Crippen LogP contribution in [0.25, 0.3) is 0 Å². The van der Waals surface area contributed by atoms with Crippen LogP contribution in [0.5, 0.6) is 0 Å². The molecule has 0 radical (unpaired) electrons. The Balaban J connectivity index is 0.000000380. The van der Waals surface area contributed by atoms with Gasteiger partial charge in [-0.25, -0.2) is 9.78 Å². The summed E-state index contributed by atoms with van der Waals surface area (Å²) in [6, 6.07) is 20.9. The fourth-order valence-electron chi connectivity index (χ4n) is 1.86. The second kappa shape index (κ2) is 12.9. The van der Waals surface area contributed by atoms with Gasteiger partial charge in [-0.2, -0.15) is 0 Å². The van der Waals surface area contributed by atoms with Crippen molar-refractivity contribution < 1.29 is 30.3 Å². The van der Waals surface area contributed by atoms with E-state index in [-0.39, 0.29) is 31.5 Å². The molecular formula is C22H25N2O2Pd-. The van der Waals surface area contributed by atoms with Crippen molar-refractivity contribution in [1.82, 2.24) is 9.97 Å². The number of hydrogen-bond acceptors (Lipinski definition) is 3. The molecule has 5 heteroatoms. The van der Waals surface area contributed by atoms with Gasteiger partial charge >= 0.3 is 5.97 Å². The van der Waals surface area contributed by atoms with Crippen LogP contribution in [0.1, 0.15) is 35.6 Å². The van der Waals surface area contributed by atoms with E-state index in [1.165, 1.54) is 11.6 Å². The molecule has 0 aliphatic heterocycles. The molecule has 0 spiro atoms. The molecule has 0 aliphatic carbocycles. The van der Waals surface area contributed by atoms with E-state index in [9.17, 15) is 4.79 Å². The number of nitrogens with zero attached hydrogens (tertiary/aromatic N) is 2. The number of carbonyl (C=O) groups is 1. The molecule has 0 atom stereocenters. The molecule has 27 heavy (non-hydrogen) atoms. The number of aryl methyl sites for hydroxylation is 1. The Morgan fingerprint density at radius 3 is 1.78 bits per heavy atom. The molecule has 0 saturated heterocycles. The van der Waals surface area contributed by atoms with Crippen molar-refractivity contribution in [3.05, 3.63) is 103 Å².